The maximum Gasteiger partial charge on any atom is 0.101 e. The van der Waals surface area contributed by atoms with E-state index in [-0.39, 0.29) is 12.1 Å². The number of nitrogens with zero attached hydrogens (tertiary/aromatic N) is 2. The van der Waals surface area contributed by atoms with Crippen LogP contribution in [0.1, 0.15) is 51.2 Å². The molecule has 2 rings (SSSR count). The SMILES string of the molecule is CC1CCCC(OC(c2cnn(C)c2)C(C)N)C1. The van der Waals surface area contributed by atoms with Crippen molar-refractivity contribution in [3.05, 3.63) is 18.0 Å². The number of rotatable bonds is 4. The molecule has 1 aliphatic carbocycles. The van der Waals surface area contributed by atoms with Gasteiger partial charge in [-0.25, -0.2) is 0 Å². The molecule has 0 spiro atoms. The van der Waals surface area contributed by atoms with Crippen LogP contribution < -0.4 is 5.73 Å². The minimum absolute atomic E-state index is 0.00793. The highest BCUT2D eigenvalue weighted by molar-refractivity contribution is 5.10. The Hall–Kier alpha value is -0.870. The second-order valence-electron chi connectivity index (χ2n) is 5.76. The van der Waals surface area contributed by atoms with Crippen molar-refractivity contribution in [2.75, 3.05) is 0 Å². The minimum Gasteiger partial charge on any atom is -0.369 e. The average molecular weight is 251 g/mol. The lowest BCUT2D eigenvalue weighted by Gasteiger charge is -2.31. The van der Waals surface area contributed by atoms with Crippen molar-refractivity contribution in [2.45, 2.75) is 57.8 Å². The average Bonchev–Trinajstić information content (AvgIpc) is 2.72. The van der Waals surface area contributed by atoms with Gasteiger partial charge >= 0.3 is 0 Å². The fourth-order valence-electron chi connectivity index (χ4n) is 2.80. The van der Waals surface area contributed by atoms with Gasteiger partial charge in [-0.05, 0) is 25.7 Å². The summed E-state index contributed by atoms with van der Waals surface area (Å²) >= 11 is 0. The predicted octanol–water partition coefficient (Wildman–Crippen LogP) is 2.40. The predicted molar refractivity (Wildman–Crippen MR) is 72.1 cm³/mol. The van der Waals surface area contributed by atoms with E-state index in [4.69, 9.17) is 10.5 Å². The van der Waals surface area contributed by atoms with Crippen LogP contribution in [0.5, 0.6) is 0 Å². The van der Waals surface area contributed by atoms with E-state index >= 15 is 0 Å². The molecule has 0 bridgehead atoms. The van der Waals surface area contributed by atoms with E-state index < -0.39 is 0 Å². The third kappa shape index (κ3) is 3.33. The van der Waals surface area contributed by atoms with Gasteiger partial charge in [-0.1, -0.05) is 19.8 Å². The van der Waals surface area contributed by atoms with Crippen molar-refractivity contribution >= 4 is 0 Å². The molecular weight excluding hydrogens is 226 g/mol. The summed E-state index contributed by atoms with van der Waals surface area (Å²) in [6.45, 7) is 4.31. The molecule has 4 nitrogen and oxygen atoms in total. The maximum absolute atomic E-state index is 6.24. The van der Waals surface area contributed by atoms with Gasteiger partial charge in [0, 0.05) is 24.8 Å². The standard InChI is InChI=1S/C14H25N3O/c1-10-5-4-6-13(7-10)18-14(11(2)15)12-8-16-17(3)9-12/h8-11,13-14H,4-7,15H2,1-3H3. The van der Waals surface area contributed by atoms with Crippen molar-refractivity contribution in [1.29, 1.82) is 0 Å². The van der Waals surface area contributed by atoms with Gasteiger partial charge in [0.15, 0.2) is 0 Å². The van der Waals surface area contributed by atoms with E-state index in [2.05, 4.69) is 12.0 Å². The Morgan fingerprint density at radius 3 is 2.83 bits per heavy atom. The van der Waals surface area contributed by atoms with Crippen LogP contribution in [0.4, 0.5) is 0 Å². The van der Waals surface area contributed by atoms with Crippen LogP contribution in [0.2, 0.25) is 0 Å². The molecule has 1 aromatic rings. The molecule has 0 saturated heterocycles. The monoisotopic (exact) mass is 251 g/mol. The third-order valence-corrected chi connectivity index (χ3v) is 3.76. The topological polar surface area (TPSA) is 53.1 Å². The van der Waals surface area contributed by atoms with Crippen molar-refractivity contribution in [1.82, 2.24) is 9.78 Å². The number of hydrogen-bond donors (Lipinski definition) is 1. The number of hydrogen-bond acceptors (Lipinski definition) is 3. The molecule has 0 aliphatic heterocycles. The van der Waals surface area contributed by atoms with Crippen LogP contribution >= 0.6 is 0 Å². The molecule has 1 fully saturated rings. The molecular formula is C14H25N3O. The third-order valence-electron chi connectivity index (χ3n) is 3.76. The summed E-state index contributed by atoms with van der Waals surface area (Å²) in [7, 11) is 1.92. The molecule has 0 amide bonds. The molecule has 2 N–H and O–H groups in total. The molecule has 4 unspecified atom stereocenters. The Bertz CT molecular complexity index is 375. The highest BCUT2D eigenvalue weighted by Gasteiger charge is 2.26. The van der Waals surface area contributed by atoms with E-state index in [1.807, 2.05) is 26.4 Å². The zero-order valence-corrected chi connectivity index (χ0v) is 11.7. The summed E-state index contributed by atoms with van der Waals surface area (Å²) in [5.74, 6) is 0.770. The summed E-state index contributed by atoms with van der Waals surface area (Å²) in [4.78, 5) is 0. The number of aryl methyl sites for hydroxylation is 1. The Balaban J connectivity index is 2.02. The van der Waals surface area contributed by atoms with Crippen LogP contribution in [0, 0.1) is 5.92 Å². The van der Waals surface area contributed by atoms with Crippen LogP contribution in [-0.2, 0) is 11.8 Å². The lowest BCUT2D eigenvalue weighted by molar-refractivity contribution is -0.0490. The molecule has 18 heavy (non-hydrogen) atoms. The van der Waals surface area contributed by atoms with Gasteiger partial charge < -0.3 is 10.5 Å². The van der Waals surface area contributed by atoms with E-state index in [9.17, 15) is 0 Å². The normalized spacial score (nSPS) is 28.0. The molecule has 1 heterocycles. The molecule has 1 aromatic heterocycles. The van der Waals surface area contributed by atoms with Crippen LogP contribution in [0.25, 0.3) is 0 Å². The number of aromatic nitrogens is 2. The summed E-state index contributed by atoms with van der Waals surface area (Å²) in [5, 5.41) is 4.21. The molecule has 0 aromatic carbocycles. The smallest absolute Gasteiger partial charge is 0.101 e. The molecule has 0 radical (unpaired) electrons. The van der Waals surface area contributed by atoms with Crippen LogP contribution in [0.15, 0.2) is 12.4 Å². The van der Waals surface area contributed by atoms with Gasteiger partial charge in [0.05, 0.1) is 12.3 Å². The minimum atomic E-state index is -0.0333. The first-order valence-corrected chi connectivity index (χ1v) is 6.96. The van der Waals surface area contributed by atoms with Crippen LogP contribution in [-0.4, -0.2) is 21.9 Å². The van der Waals surface area contributed by atoms with Gasteiger partial charge in [-0.2, -0.15) is 5.10 Å². The van der Waals surface area contributed by atoms with E-state index in [1.54, 1.807) is 4.68 Å². The summed E-state index contributed by atoms with van der Waals surface area (Å²) < 4.78 is 8.05. The van der Waals surface area contributed by atoms with Crippen molar-refractivity contribution in [2.24, 2.45) is 18.7 Å². The van der Waals surface area contributed by atoms with Gasteiger partial charge in [-0.3, -0.25) is 4.68 Å². The quantitative estimate of drug-likeness (QED) is 0.894. The van der Waals surface area contributed by atoms with Gasteiger partial charge in [-0.15, -0.1) is 0 Å². The Morgan fingerprint density at radius 1 is 1.50 bits per heavy atom. The van der Waals surface area contributed by atoms with E-state index in [0.717, 1.165) is 24.3 Å². The highest BCUT2D eigenvalue weighted by atomic mass is 16.5. The number of nitrogens with two attached hydrogens (primary N) is 1. The molecule has 102 valence electrons. The second kappa shape index (κ2) is 5.85. The molecule has 1 saturated carbocycles. The lowest BCUT2D eigenvalue weighted by Crippen LogP contribution is -2.32. The Kier molecular flexibility index (Phi) is 4.40. The fourth-order valence-corrected chi connectivity index (χ4v) is 2.80. The summed E-state index contributed by atoms with van der Waals surface area (Å²) in [5.41, 5.74) is 7.16. The first kappa shape index (κ1) is 13.6. The van der Waals surface area contributed by atoms with Crippen molar-refractivity contribution in [3.63, 3.8) is 0 Å². The molecule has 4 heteroatoms. The maximum atomic E-state index is 6.24. The van der Waals surface area contributed by atoms with Crippen molar-refractivity contribution < 1.29 is 4.74 Å². The van der Waals surface area contributed by atoms with Crippen molar-refractivity contribution in [3.8, 4) is 0 Å². The van der Waals surface area contributed by atoms with E-state index in [0.29, 0.717) is 6.10 Å². The summed E-state index contributed by atoms with van der Waals surface area (Å²) in [6, 6.07) is -0.00793. The molecule has 4 atom stereocenters. The molecule has 1 aliphatic rings. The first-order valence-electron chi connectivity index (χ1n) is 6.96. The Morgan fingerprint density at radius 2 is 2.28 bits per heavy atom. The highest BCUT2D eigenvalue weighted by Crippen LogP contribution is 2.30. The van der Waals surface area contributed by atoms with Gasteiger partial charge in [0.25, 0.3) is 0 Å². The lowest BCUT2D eigenvalue weighted by atomic mass is 9.88. The largest absolute Gasteiger partial charge is 0.369 e. The van der Waals surface area contributed by atoms with Crippen LogP contribution in [0.3, 0.4) is 0 Å². The number of ether oxygens (including phenoxy) is 1. The zero-order valence-electron chi connectivity index (χ0n) is 11.7. The first-order chi connectivity index (χ1) is 8.56. The second-order valence-corrected chi connectivity index (χ2v) is 5.76. The van der Waals surface area contributed by atoms with Gasteiger partial charge in [0.1, 0.15) is 6.10 Å². The van der Waals surface area contributed by atoms with E-state index in [1.165, 1.54) is 12.8 Å². The summed E-state index contributed by atoms with van der Waals surface area (Å²) in [6.07, 6.45) is 9.09. The van der Waals surface area contributed by atoms with Gasteiger partial charge in [0.2, 0.25) is 0 Å². The Labute approximate surface area is 110 Å². The zero-order chi connectivity index (χ0) is 13.1. The fraction of sp³-hybridized carbons (Fsp3) is 0.786.